The first-order valence-electron chi connectivity index (χ1n) is 19.3. The normalized spacial score (nSPS) is 31.0. The first kappa shape index (κ1) is 39.4. The van der Waals surface area contributed by atoms with E-state index >= 15 is 0 Å². The van der Waals surface area contributed by atoms with Crippen molar-refractivity contribution in [2.75, 3.05) is 18.2 Å². The molecule has 2 aliphatic carbocycles. The Hall–Kier alpha value is -5.42. The highest BCUT2D eigenvalue weighted by Crippen LogP contribution is 2.64. The second kappa shape index (κ2) is 15.1. The van der Waals surface area contributed by atoms with Gasteiger partial charge in [0.25, 0.3) is 5.91 Å². The molecule has 0 unspecified atom stereocenters. The lowest BCUT2D eigenvalue weighted by atomic mass is 9.57. The van der Waals surface area contributed by atoms with E-state index in [2.05, 4.69) is 9.98 Å². The zero-order chi connectivity index (χ0) is 41.0. The lowest BCUT2D eigenvalue weighted by Gasteiger charge is -2.46. The topological polar surface area (TPSA) is 242 Å². The fraction of sp³-hybridized carbons (Fsp3) is 0.395. The number of amides is 1. The molecule has 58 heavy (non-hydrogen) atoms. The van der Waals surface area contributed by atoms with Gasteiger partial charge in [-0.1, -0.05) is 67.8 Å². The molecule has 3 aromatic carbocycles. The quantitative estimate of drug-likeness (QED) is 0.0840. The van der Waals surface area contributed by atoms with Crippen LogP contribution in [-0.4, -0.2) is 114 Å². The summed E-state index contributed by atoms with van der Waals surface area (Å²) in [6, 6.07) is 17.1. The lowest BCUT2D eigenvalue weighted by Crippen LogP contribution is -2.67. The maximum Gasteiger partial charge on any atom is 0.355 e. The van der Waals surface area contributed by atoms with Gasteiger partial charge in [-0.05, 0) is 59.7 Å². The van der Waals surface area contributed by atoms with Crippen LogP contribution >= 0.6 is 0 Å². The second-order valence-corrected chi connectivity index (χ2v) is 15.6. The first-order valence-corrected chi connectivity index (χ1v) is 19.3. The average molecular weight is 796 g/mol. The van der Waals surface area contributed by atoms with Crippen LogP contribution in [0.1, 0.15) is 60.3 Å². The molecule has 5 aliphatic rings. The minimum atomic E-state index is -3.11. The van der Waals surface area contributed by atoms with E-state index < -0.39 is 83.2 Å². The van der Waals surface area contributed by atoms with Gasteiger partial charge in [-0.25, -0.2) is 4.79 Å². The molecule has 1 amide bonds. The smallest absolute Gasteiger partial charge is 0.355 e. The molecule has 3 aromatic rings. The number of aliphatic hydroxyl groups is 5. The van der Waals surface area contributed by atoms with Gasteiger partial charge in [0.15, 0.2) is 23.1 Å². The summed E-state index contributed by atoms with van der Waals surface area (Å²) >= 11 is 0. The molecule has 15 heteroatoms. The van der Waals surface area contributed by atoms with E-state index in [9.17, 15) is 50.4 Å². The molecule has 0 bridgehead atoms. The van der Waals surface area contributed by atoms with Crippen molar-refractivity contribution in [3.8, 4) is 17.2 Å². The largest absolute Gasteiger partial charge is 0.508 e. The predicted octanol–water partition coefficient (Wildman–Crippen LogP) is 2.68. The SMILES string of the molecule is O=C(C=Cc1ccc(O)c(CC2=NCN=C2)c1)N1c2cc(O[C@@]3(O)O[C@H](CO)[C@@H](O)[C@H](O)[C@H]3O)c(O)cc2[C@H]2[C@@H](C3(c4ccccc4)CCCCC3)C=C[C@@]21C(=O)O. The number of anilines is 1. The minimum Gasteiger partial charge on any atom is -0.508 e. The Balaban J connectivity index is 1.24. The van der Waals surface area contributed by atoms with Gasteiger partial charge in [0.1, 0.15) is 30.7 Å². The lowest BCUT2D eigenvalue weighted by molar-refractivity contribution is -0.422. The van der Waals surface area contributed by atoms with Crippen molar-refractivity contribution in [3.05, 3.63) is 101 Å². The number of carbonyl (C=O) groups excluding carboxylic acids is 1. The molecule has 15 nitrogen and oxygen atoms in total. The van der Waals surface area contributed by atoms with E-state index in [4.69, 9.17) is 9.47 Å². The number of nitrogens with zero attached hydrogens (tertiary/aromatic N) is 3. The van der Waals surface area contributed by atoms with Crippen molar-refractivity contribution >= 4 is 35.6 Å². The molecule has 304 valence electrons. The van der Waals surface area contributed by atoms with Crippen LogP contribution < -0.4 is 9.64 Å². The Morgan fingerprint density at radius 3 is 2.41 bits per heavy atom. The zero-order valence-electron chi connectivity index (χ0n) is 31.3. The predicted molar refractivity (Wildman–Crippen MR) is 210 cm³/mol. The number of aliphatic carboxylic acids is 1. The van der Waals surface area contributed by atoms with Crippen LogP contribution in [0, 0.1) is 5.92 Å². The highest BCUT2D eigenvalue weighted by Gasteiger charge is 2.66. The minimum absolute atomic E-state index is 0.0261. The zero-order valence-corrected chi connectivity index (χ0v) is 31.3. The number of hydrogen-bond donors (Lipinski definition) is 8. The summed E-state index contributed by atoms with van der Waals surface area (Å²) in [6.45, 7) is -0.575. The number of carbonyl (C=O) groups is 2. The van der Waals surface area contributed by atoms with Crippen LogP contribution in [0.15, 0.2) is 88.9 Å². The molecule has 8 atom stereocenters. The van der Waals surface area contributed by atoms with Crippen molar-refractivity contribution in [1.29, 1.82) is 0 Å². The van der Waals surface area contributed by atoms with Crippen LogP contribution in [0.3, 0.4) is 0 Å². The van der Waals surface area contributed by atoms with E-state index in [1.807, 2.05) is 36.4 Å². The molecule has 8 rings (SSSR count). The van der Waals surface area contributed by atoms with Gasteiger partial charge < -0.3 is 50.3 Å². The van der Waals surface area contributed by atoms with Crippen molar-refractivity contribution in [3.63, 3.8) is 0 Å². The van der Waals surface area contributed by atoms with Crippen LogP contribution in [0.25, 0.3) is 6.08 Å². The number of carboxylic acids is 1. The highest BCUT2D eigenvalue weighted by atomic mass is 16.8. The molecular formula is C43H45N3O12. The Morgan fingerprint density at radius 1 is 0.966 bits per heavy atom. The number of aromatic hydroxyl groups is 2. The summed E-state index contributed by atoms with van der Waals surface area (Å²) < 4.78 is 10.9. The molecule has 0 spiro atoms. The monoisotopic (exact) mass is 795 g/mol. The number of ether oxygens (including phenoxy) is 2. The number of phenolic OH excluding ortho intramolecular Hbond substituents is 2. The van der Waals surface area contributed by atoms with Gasteiger partial charge in [0.05, 0.1) is 18.0 Å². The number of benzene rings is 3. The van der Waals surface area contributed by atoms with Gasteiger partial charge in [-0.2, -0.15) is 0 Å². The van der Waals surface area contributed by atoms with Crippen LogP contribution in [-0.2, 0) is 26.2 Å². The van der Waals surface area contributed by atoms with Gasteiger partial charge >= 0.3 is 11.9 Å². The summed E-state index contributed by atoms with van der Waals surface area (Å²) in [7, 11) is 0. The van der Waals surface area contributed by atoms with Crippen LogP contribution in [0.5, 0.6) is 17.2 Å². The molecule has 2 fully saturated rings. The van der Waals surface area contributed by atoms with E-state index in [-0.39, 0.29) is 11.4 Å². The van der Waals surface area contributed by atoms with Gasteiger partial charge in [-0.3, -0.25) is 19.7 Å². The standard InChI is InChI=1S/C43H45N3O12/c47-22-34-37(51)38(52)39(53)43(56,58-34)57-33-20-30-28(19-32(33)49)36-29(41(14-5-2-6-15-41)26-7-3-1-4-8-26)13-16-42(36,40(54)55)46(30)35(50)12-10-24-9-11-31(48)25(17-24)18-27-21-44-23-45-27/h1,3-4,7-13,16-17,19-21,29,34,36-39,47-49,51-53,56H,2,5-6,14-15,18,22-23H2,(H,54,55)/t29-,34+,36-,37+,38-,39+,42-,43+/m0/s1. The maximum absolute atomic E-state index is 14.7. The molecule has 1 saturated heterocycles. The number of aliphatic hydroxyl groups excluding tert-OH is 4. The first-order chi connectivity index (χ1) is 27.8. The number of rotatable bonds is 10. The van der Waals surface area contributed by atoms with Gasteiger partial charge in [0.2, 0.25) is 0 Å². The van der Waals surface area contributed by atoms with Crippen molar-refractivity contribution < 1.29 is 59.9 Å². The number of aliphatic imine (C=N–C) groups is 2. The fourth-order valence-corrected chi connectivity index (χ4v) is 9.63. The van der Waals surface area contributed by atoms with E-state index in [0.717, 1.165) is 42.6 Å². The molecule has 8 N–H and O–H groups in total. The molecule has 0 aromatic heterocycles. The number of allylic oxidation sites excluding steroid dienone is 1. The highest BCUT2D eigenvalue weighted by molar-refractivity contribution is 6.32. The summed E-state index contributed by atoms with van der Waals surface area (Å²) in [5.41, 5.74) is 0.594. The third kappa shape index (κ3) is 6.38. The summed E-state index contributed by atoms with van der Waals surface area (Å²) in [6.07, 6.45) is 4.62. The molecule has 3 heterocycles. The summed E-state index contributed by atoms with van der Waals surface area (Å²) in [5.74, 6) is -7.70. The van der Waals surface area contributed by atoms with Gasteiger partial charge in [0, 0.05) is 41.7 Å². The van der Waals surface area contributed by atoms with E-state index in [1.54, 1.807) is 24.4 Å². The third-order valence-corrected chi connectivity index (χ3v) is 12.4. The molecule has 1 saturated carbocycles. The fourth-order valence-electron chi connectivity index (χ4n) is 9.63. The Labute approximate surface area is 333 Å². The van der Waals surface area contributed by atoms with Crippen molar-refractivity contribution in [2.24, 2.45) is 15.9 Å². The third-order valence-electron chi connectivity index (χ3n) is 12.4. The second-order valence-electron chi connectivity index (χ2n) is 15.6. The molecule has 0 radical (unpaired) electrons. The number of carboxylic acid groups (broad SMARTS) is 1. The summed E-state index contributed by atoms with van der Waals surface area (Å²) in [5, 5.41) is 86.0. The average Bonchev–Trinajstić information content (AvgIpc) is 3.95. The summed E-state index contributed by atoms with van der Waals surface area (Å²) in [4.78, 5) is 38.1. The van der Waals surface area contributed by atoms with Crippen molar-refractivity contribution in [1.82, 2.24) is 0 Å². The number of fused-ring (bicyclic) bond motifs is 3. The number of phenols is 2. The van der Waals surface area contributed by atoms with Crippen molar-refractivity contribution in [2.45, 2.75) is 85.8 Å². The molecule has 3 aliphatic heterocycles. The Morgan fingerprint density at radius 2 is 1.72 bits per heavy atom. The Kier molecular flexibility index (Phi) is 10.2. The van der Waals surface area contributed by atoms with Crippen LogP contribution in [0.2, 0.25) is 0 Å². The Bertz CT molecular complexity index is 2220. The van der Waals surface area contributed by atoms with E-state index in [1.165, 1.54) is 30.4 Å². The van der Waals surface area contributed by atoms with E-state index in [0.29, 0.717) is 35.5 Å². The maximum atomic E-state index is 14.7. The number of hydrogen-bond acceptors (Lipinski definition) is 13. The molecular weight excluding hydrogens is 750 g/mol. The van der Waals surface area contributed by atoms with Gasteiger partial charge in [-0.15, -0.1) is 0 Å². The van der Waals surface area contributed by atoms with Crippen LogP contribution in [0.4, 0.5) is 5.69 Å².